The summed E-state index contributed by atoms with van der Waals surface area (Å²) >= 11 is 0. The first-order valence-corrected chi connectivity index (χ1v) is 9.58. The van der Waals surface area contributed by atoms with E-state index in [-0.39, 0.29) is 5.91 Å². The van der Waals surface area contributed by atoms with Crippen molar-refractivity contribution in [1.82, 2.24) is 15.1 Å². The van der Waals surface area contributed by atoms with Crippen LogP contribution in [0.25, 0.3) is 0 Å². The molecule has 1 aromatic heterocycles. The first kappa shape index (κ1) is 19.1. The largest absolute Gasteiger partial charge is 0.369 e. The third-order valence-corrected chi connectivity index (χ3v) is 4.73. The molecule has 7 nitrogen and oxygen atoms in total. The van der Waals surface area contributed by atoms with E-state index >= 15 is 0 Å². The van der Waals surface area contributed by atoms with Crippen LogP contribution in [0.3, 0.4) is 0 Å². The van der Waals surface area contributed by atoms with Gasteiger partial charge in [-0.2, -0.15) is 0 Å². The number of benzene rings is 1. The molecule has 0 aliphatic carbocycles. The van der Waals surface area contributed by atoms with Gasteiger partial charge in [-0.1, -0.05) is 13.3 Å². The Kier molecular flexibility index (Phi) is 6.59. The van der Waals surface area contributed by atoms with Gasteiger partial charge in [0.25, 0.3) is 5.91 Å². The predicted octanol–water partition coefficient (Wildman–Crippen LogP) is 2.69. The normalized spacial score (nSPS) is 14.8. The molecule has 1 aliphatic heterocycles. The second kappa shape index (κ2) is 9.32. The van der Waals surface area contributed by atoms with Crippen molar-refractivity contribution in [3.63, 3.8) is 0 Å². The zero-order valence-electron chi connectivity index (χ0n) is 16.1. The first-order valence-electron chi connectivity index (χ1n) is 9.58. The number of rotatable bonds is 7. The molecule has 1 aromatic carbocycles. The van der Waals surface area contributed by atoms with E-state index in [1.807, 2.05) is 24.3 Å². The quantitative estimate of drug-likeness (QED) is 0.732. The fourth-order valence-electron chi connectivity index (χ4n) is 2.96. The van der Waals surface area contributed by atoms with Gasteiger partial charge >= 0.3 is 0 Å². The molecule has 1 fully saturated rings. The lowest BCUT2D eigenvalue weighted by Crippen LogP contribution is -2.44. The van der Waals surface area contributed by atoms with E-state index in [1.165, 1.54) is 5.69 Å². The van der Waals surface area contributed by atoms with Crippen molar-refractivity contribution >= 4 is 23.1 Å². The van der Waals surface area contributed by atoms with E-state index in [4.69, 9.17) is 0 Å². The minimum absolute atomic E-state index is 0.255. The molecule has 3 rings (SSSR count). The van der Waals surface area contributed by atoms with Gasteiger partial charge in [-0.05, 0) is 49.9 Å². The molecule has 2 heterocycles. The summed E-state index contributed by atoms with van der Waals surface area (Å²) in [6.45, 7) is 7.18. The molecule has 144 valence electrons. The molecule has 7 heteroatoms. The topological polar surface area (TPSA) is 73.4 Å². The van der Waals surface area contributed by atoms with Crippen LogP contribution in [0, 0.1) is 0 Å². The van der Waals surface area contributed by atoms with Crippen LogP contribution in [0.5, 0.6) is 0 Å². The lowest BCUT2D eigenvalue weighted by Gasteiger charge is -2.34. The average molecular weight is 368 g/mol. The van der Waals surface area contributed by atoms with Crippen LogP contribution in [0.15, 0.2) is 36.4 Å². The Morgan fingerprint density at radius 3 is 2.41 bits per heavy atom. The number of hydrogen-bond acceptors (Lipinski definition) is 6. The Hall–Kier alpha value is -2.67. The van der Waals surface area contributed by atoms with Gasteiger partial charge in [-0.25, -0.2) is 0 Å². The Bertz CT molecular complexity index is 723. The molecular weight excluding hydrogens is 340 g/mol. The van der Waals surface area contributed by atoms with E-state index in [0.29, 0.717) is 11.5 Å². The molecule has 2 aromatic rings. The number of aromatic nitrogens is 2. The van der Waals surface area contributed by atoms with Crippen LogP contribution in [-0.4, -0.2) is 60.8 Å². The number of nitrogens with zero attached hydrogens (tertiary/aromatic N) is 4. The number of unbranched alkanes of at least 4 members (excludes halogenated alkanes) is 1. The number of amides is 1. The number of carbonyl (C=O) groups is 1. The number of nitrogens with one attached hydrogen (secondary N) is 2. The monoisotopic (exact) mass is 368 g/mol. The van der Waals surface area contributed by atoms with Gasteiger partial charge in [-0.3, -0.25) is 4.79 Å². The van der Waals surface area contributed by atoms with Gasteiger partial charge in [0, 0.05) is 44.1 Å². The van der Waals surface area contributed by atoms with Gasteiger partial charge < -0.3 is 20.4 Å². The number of likely N-dealkylation sites (N-methyl/N-ethyl adjacent to an activating group) is 1. The molecule has 0 unspecified atom stereocenters. The summed E-state index contributed by atoms with van der Waals surface area (Å²) in [4.78, 5) is 17.1. The fourth-order valence-corrected chi connectivity index (χ4v) is 2.96. The lowest BCUT2D eigenvalue weighted by molar-refractivity contribution is 0.102. The third kappa shape index (κ3) is 5.40. The van der Waals surface area contributed by atoms with E-state index in [1.54, 1.807) is 12.1 Å². The molecule has 2 N–H and O–H groups in total. The van der Waals surface area contributed by atoms with E-state index < -0.39 is 0 Å². The highest BCUT2D eigenvalue weighted by Crippen LogP contribution is 2.19. The first-order chi connectivity index (χ1) is 13.2. The van der Waals surface area contributed by atoms with Crippen molar-refractivity contribution < 1.29 is 4.79 Å². The Morgan fingerprint density at radius 1 is 1.04 bits per heavy atom. The molecule has 0 saturated carbocycles. The molecule has 0 radical (unpaired) electrons. The summed E-state index contributed by atoms with van der Waals surface area (Å²) in [5.74, 6) is 0.437. The summed E-state index contributed by atoms with van der Waals surface area (Å²) in [7, 11) is 2.15. The second-order valence-electron chi connectivity index (χ2n) is 6.88. The highest BCUT2D eigenvalue weighted by atomic mass is 16.1. The third-order valence-electron chi connectivity index (χ3n) is 4.73. The molecule has 0 bridgehead atoms. The zero-order valence-corrected chi connectivity index (χ0v) is 16.1. The van der Waals surface area contributed by atoms with Crippen molar-refractivity contribution in [3.05, 3.63) is 42.1 Å². The van der Waals surface area contributed by atoms with Gasteiger partial charge in [0.05, 0.1) is 0 Å². The van der Waals surface area contributed by atoms with Crippen LogP contribution in [0.1, 0.15) is 30.3 Å². The summed E-state index contributed by atoms with van der Waals surface area (Å²) in [5.41, 5.74) is 2.24. The maximum absolute atomic E-state index is 12.4. The molecule has 0 atom stereocenters. The molecule has 27 heavy (non-hydrogen) atoms. The van der Waals surface area contributed by atoms with E-state index in [9.17, 15) is 4.79 Å². The molecule has 0 spiro atoms. The van der Waals surface area contributed by atoms with Crippen molar-refractivity contribution in [2.45, 2.75) is 19.8 Å². The summed E-state index contributed by atoms with van der Waals surface area (Å²) in [6.07, 6.45) is 2.20. The van der Waals surface area contributed by atoms with Crippen molar-refractivity contribution in [2.75, 3.05) is 55.3 Å². The molecule has 1 saturated heterocycles. The standard InChI is InChI=1S/C20H28N6O/c1-3-4-11-21-19-10-9-18(23-24-19)20(27)22-16-5-7-17(8-6-16)26-14-12-25(2)13-15-26/h5-10H,3-4,11-15H2,1-2H3,(H,21,24)(H,22,27). The van der Waals surface area contributed by atoms with E-state index in [0.717, 1.165) is 51.3 Å². The maximum Gasteiger partial charge on any atom is 0.276 e. The van der Waals surface area contributed by atoms with Crippen LogP contribution in [-0.2, 0) is 0 Å². The lowest BCUT2D eigenvalue weighted by atomic mass is 10.2. The maximum atomic E-state index is 12.4. The van der Waals surface area contributed by atoms with Crippen molar-refractivity contribution in [3.8, 4) is 0 Å². The second-order valence-corrected chi connectivity index (χ2v) is 6.88. The SMILES string of the molecule is CCCCNc1ccc(C(=O)Nc2ccc(N3CCN(C)CC3)cc2)nn1. The number of anilines is 3. The molecular formula is C20H28N6O. The number of piperazine rings is 1. The highest BCUT2D eigenvalue weighted by Gasteiger charge is 2.14. The van der Waals surface area contributed by atoms with Gasteiger partial charge in [0.2, 0.25) is 0 Å². The smallest absolute Gasteiger partial charge is 0.276 e. The van der Waals surface area contributed by atoms with E-state index in [2.05, 4.69) is 44.6 Å². The summed E-state index contributed by atoms with van der Waals surface area (Å²) < 4.78 is 0. The zero-order chi connectivity index (χ0) is 19.1. The van der Waals surface area contributed by atoms with Gasteiger partial charge in [0.1, 0.15) is 5.82 Å². The van der Waals surface area contributed by atoms with Gasteiger partial charge in [0.15, 0.2) is 5.69 Å². The summed E-state index contributed by atoms with van der Waals surface area (Å²) in [6, 6.07) is 11.4. The minimum Gasteiger partial charge on any atom is -0.369 e. The Labute approximate surface area is 160 Å². The average Bonchev–Trinajstić information content (AvgIpc) is 2.70. The van der Waals surface area contributed by atoms with Crippen molar-refractivity contribution in [2.24, 2.45) is 0 Å². The molecule has 1 amide bonds. The van der Waals surface area contributed by atoms with Crippen LogP contribution in [0.2, 0.25) is 0 Å². The number of carbonyl (C=O) groups excluding carboxylic acids is 1. The van der Waals surface area contributed by atoms with Crippen LogP contribution in [0.4, 0.5) is 17.2 Å². The van der Waals surface area contributed by atoms with Crippen LogP contribution < -0.4 is 15.5 Å². The summed E-state index contributed by atoms with van der Waals surface area (Å²) in [5, 5.41) is 14.1. The Morgan fingerprint density at radius 2 is 1.78 bits per heavy atom. The fraction of sp³-hybridized carbons (Fsp3) is 0.450. The van der Waals surface area contributed by atoms with Gasteiger partial charge in [-0.15, -0.1) is 10.2 Å². The highest BCUT2D eigenvalue weighted by molar-refractivity contribution is 6.02. The predicted molar refractivity (Wildman–Crippen MR) is 110 cm³/mol. The van der Waals surface area contributed by atoms with Crippen LogP contribution >= 0.6 is 0 Å². The van der Waals surface area contributed by atoms with Crippen molar-refractivity contribution in [1.29, 1.82) is 0 Å². The minimum atomic E-state index is -0.255. The Balaban J connectivity index is 1.54. The molecule has 1 aliphatic rings. The number of hydrogen-bond donors (Lipinski definition) is 2.